The second kappa shape index (κ2) is 7.74. The average Bonchev–Trinajstić information content (AvgIpc) is 3.44. The van der Waals surface area contributed by atoms with E-state index in [4.69, 9.17) is 4.74 Å². The number of carbonyl (C=O) groups excluding carboxylic acids is 4. The SMILES string of the molecule is O=C1C2C(c3ccc(Br)cc3)OC3(C(=O)c4ccccc4C3=O)C2C(=O)N1c1ccccc1[N+](=O)[O-]. The molecule has 0 radical (unpaired) electrons. The van der Waals surface area contributed by atoms with Gasteiger partial charge < -0.3 is 4.74 Å². The molecule has 178 valence electrons. The summed E-state index contributed by atoms with van der Waals surface area (Å²) < 4.78 is 6.95. The van der Waals surface area contributed by atoms with E-state index in [1.165, 1.54) is 36.4 Å². The first-order valence-electron chi connectivity index (χ1n) is 11.0. The van der Waals surface area contributed by atoms with Crippen molar-refractivity contribution in [3.8, 4) is 0 Å². The van der Waals surface area contributed by atoms with Crippen LogP contribution < -0.4 is 4.90 Å². The van der Waals surface area contributed by atoms with E-state index in [1.54, 1.807) is 36.4 Å². The number of benzene rings is 3. The summed E-state index contributed by atoms with van der Waals surface area (Å²) in [6, 6.07) is 18.3. The number of imide groups is 1. The molecular formula is C26H15BrN2O7. The number of nitrogens with zero attached hydrogens (tertiary/aromatic N) is 2. The van der Waals surface area contributed by atoms with Crippen LogP contribution in [0.2, 0.25) is 0 Å². The number of carbonyl (C=O) groups is 4. The van der Waals surface area contributed by atoms with Crippen molar-refractivity contribution in [2.75, 3.05) is 4.90 Å². The van der Waals surface area contributed by atoms with E-state index in [0.717, 1.165) is 9.37 Å². The first kappa shape index (κ1) is 22.4. The van der Waals surface area contributed by atoms with Gasteiger partial charge in [0, 0.05) is 21.7 Å². The Morgan fingerprint density at radius 2 is 1.42 bits per heavy atom. The summed E-state index contributed by atoms with van der Waals surface area (Å²) in [5.74, 6) is -5.74. The van der Waals surface area contributed by atoms with Crippen LogP contribution in [0.25, 0.3) is 0 Å². The van der Waals surface area contributed by atoms with E-state index in [-0.39, 0.29) is 16.8 Å². The summed E-state index contributed by atoms with van der Waals surface area (Å²) in [5.41, 5.74) is -2.18. The molecule has 3 aromatic carbocycles. The second-order valence-electron chi connectivity index (χ2n) is 8.79. The van der Waals surface area contributed by atoms with Gasteiger partial charge in [0.05, 0.1) is 22.9 Å². The highest BCUT2D eigenvalue weighted by Gasteiger charge is 2.75. The third kappa shape index (κ3) is 2.79. The summed E-state index contributed by atoms with van der Waals surface area (Å²) in [5, 5.41) is 11.7. The fourth-order valence-electron chi connectivity index (χ4n) is 5.52. The number of fused-ring (bicyclic) bond motifs is 3. The molecule has 3 unspecified atom stereocenters. The average molecular weight is 547 g/mol. The minimum absolute atomic E-state index is 0.113. The highest BCUT2D eigenvalue weighted by molar-refractivity contribution is 9.10. The highest BCUT2D eigenvalue weighted by atomic mass is 79.9. The zero-order chi connectivity index (χ0) is 25.4. The van der Waals surface area contributed by atoms with Crippen molar-refractivity contribution in [1.82, 2.24) is 0 Å². The number of ether oxygens (including phenoxy) is 1. The molecule has 2 heterocycles. The normalized spacial score (nSPS) is 23.9. The Balaban J connectivity index is 1.56. The van der Waals surface area contributed by atoms with Gasteiger partial charge >= 0.3 is 0 Å². The van der Waals surface area contributed by atoms with E-state index in [0.29, 0.717) is 5.56 Å². The molecule has 0 bridgehead atoms. The largest absolute Gasteiger partial charge is 0.349 e. The van der Waals surface area contributed by atoms with Crippen LogP contribution >= 0.6 is 15.9 Å². The van der Waals surface area contributed by atoms with Gasteiger partial charge in [-0.1, -0.05) is 64.5 Å². The number of hydrogen-bond acceptors (Lipinski definition) is 7. The first-order valence-corrected chi connectivity index (χ1v) is 11.8. The number of rotatable bonds is 3. The maximum absolute atomic E-state index is 13.9. The van der Waals surface area contributed by atoms with E-state index in [9.17, 15) is 29.3 Å². The smallest absolute Gasteiger partial charge is 0.293 e. The van der Waals surface area contributed by atoms with Crippen LogP contribution in [0.3, 0.4) is 0 Å². The summed E-state index contributed by atoms with van der Waals surface area (Å²) >= 11 is 3.35. The molecule has 36 heavy (non-hydrogen) atoms. The molecule has 6 rings (SSSR count). The Labute approximate surface area is 211 Å². The lowest BCUT2D eigenvalue weighted by Gasteiger charge is -2.27. The van der Waals surface area contributed by atoms with Gasteiger partial charge in [0.25, 0.3) is 5.69 Å². The Morgan fingerprint density at radius 1 is 0.833 bits per heavy atom. The van der Waals surface area contributed by atoms with Crippen molar-refractivity contribution in [2.24, 2.45) is 11.8 Å². The van der Waals surface area contributed by atoms with Crippen molar-refractivity contribution in [3.63, 3.8) is 0 Å². The second-order valence-corrected chi connectivity index (χ2v) is 9.71. The molecule has 10 heteroatoms. The number of hydrogen-bond donors (Lipinski definition) is 0. The molecule has 3 atom stereocenters. The van der Waals surface area contributed by atoms with Crippen LogP contribution in [0.5, 0.6) is 0 Å². The fraction of sp³-hybridized carbons (Fsp3) is 0.154. The zero-order valence-electron chi connectivity index (χ0n) is 18.3. The Morgan fingerprint density at radius 3 is 2.03 bits per heavy atom. The van der Waals surface area contributed by atoms with Gasteiger partial charge in [0.15, 0.2) is 0 Å². The van der Waals surface area contributed by atoms with E-state index in [1.807, 2.05) is 0 Å². The molecule has 0 saturated carbocycles. The van der Waals surface area contributed by atoms with Gasteiger partial charge in [-0.15, -0.1) is 0 Å². The maximum atomic E-state index is 13.9. The number of nitro benzene ring substituents is 1. The third-order valence-electron chi connectivity index (χ3n) is 7.04. The number of para-hydroxylation sites is 2. The molecule has 2 amide bonds. The monoisotopic (exact) mass is 546 g/mol. The first-order chi connectivity index (χ1) is 17.3. The minimum atomic E-state index is -2.24. The molecule has 2 aliphatic heterocycles. The summed E-state index contributed by atoms with van der Waals surface area (Å²) in [6.45, 7) is 0. The number of nitro groups is 1. The zero-order valence-corrected chi connectivity index (χ0v) is 19.9. The Bertz CT molecular complexity index is 1480. The van der Waals surface area contributed by atoms with E-state index < -0.39 is 57.5 Å². The van der Waals surface area contributed by atoms with Crippen molar-refractivity contribution in [3.05, 3.63) is 104 Å². The molecule has 2 fully saturated rings. The van der Waals surface area contributed by atoms with Gasteiger partial charge in [-0.05, 0) is 23.8 Å². The van der Waals surface area contributed by atoms with Gasteiger partial charge in [-0.25, -0.2) is 4.90 Å². The molecule has 2 saturated heterocycles. The molecule has 3 aliphatic rings. The summed E-state index contributed by atoms with van der Waals surface area (Å²) in [4.78, 5) is 66.9. The van der Waals surface area contributed by atoms with Crippen molar-refractivity contribution < 1.29 is 28.8 Å². The van der Waals surface area contributed by atoms with Crippen molar-refractivity contribution in [2.45, 2.75) is 11.7 Å². The lowest BCUT2D eigenvalue weighted by molar-refractivity contribution is -0.384. The Kier molecular flexibility index (Phi) is 4.83. The standard InChI is InChI=1S/C26H15BrN2O7/c27-14-11-9-13(10-12-14)21-19-20(26(36-21)22(30)15-5-1-2-6-16(15)23(26)31)25(33)28(24(19)32)17-7-3-4-8-18(17)29(34)35/h1-12,19-21H. The number of halogens is 1. The van der Waals surface area contributed by atoms with Gasteiger partial charge in [-0.3, -0.25) is 29.3 Å². The summed E-state index contributed by atoms with van der Waals surface area (Å²) in [7, 11) is 0. The van der Waals surface area contributed by atoms with Gasteiger partial charge in [0.1, 0.15) is 5.69 Å². The number of Topliss-reactive ketones (excluding diaryl/α,β-unsaturated/α-hetero) is 2. The lowest BCUT2D eigenvalue weighted by Crippen LogP contribution is -2.51. The van der Waals surface area contributed by atoms with Crippen molar-refractivity contribution >= 4 is 50.7 Å². The molecule has 0 N–H and O–H groups in total. The molecule has 1 spiro atoms. The van der Waals surface area contributed by atoms with E-state index in [2.05, 4.69) is 15.9 Å². The van der Waals surface area contributed by atoms with Gasteiger partial charge in [0.2, 0.25) is 29.0 Å². The molecule has 0 aromatic heterocycles. The highest BCUT2D eigenvalue weighted by Crippen LogP contribution is 2.58. The Hall–Kier alpha value is -4.02. The fourth-order valence-corrected chi connectivity index (χ4v) is 5.78. The predicted molar refractivity (Wildman–Crippen MR) is 128 cm³/mol. The van der Waals surface area contributed by atoms with Crippen LogP contribution in [0, 0.1) is 22.0 Å². The van der Waals surface area contributed by atoms with Gasteiger partial charge in [-0.2, -0.15) is 0 Å². The molecule has 1 aliphatic carbocycles. The minimum Gasteiger partial charge on any atom is -0.349 e. The number of ketones is 2. The van der Waals surface area contributed by atoms with Crippen LogP contribution in [0.4, 0.5) is 11.4 Å². The lowest BCUT2D eigenvalue weighted by atomic mass is 9.77. The maximum Gasteiger partial charge on any atom is 0.293 e. The predicted octanol–water partition coefficient (Wildman–Crippen LogP) is 4.05. The quantitative estimate of drug-likeness (QED) is 0.210. The van der Waals surface area contributed by atoms with Crippen LogP contribution in [-0.2, 0) is 14.3 Å². The molecule has 9 nitrogen and oxygen atoms in total. The third-order valence-corrected chi connectivity index (χ3v) is 7.57. The van der Waals surface area contributed by atoms with Crippen LogP contribution in [0.15, 0.2) is 77.3 Å². The van der Waals surface area contributed by atoms with Crippen molar-refractivity contribution in [1.29, 1.82) is 0 Å². The van der Waals surface area contributed by atoms with Crippen LogP contribution in [-0.4, -0.2) is 33.9 Å². The van der Waals surface area contributed by atoms with E-state index >= 15 is 0 Å². The molecule has 3 aromatic rings. The topological polar surface area (TPSA) is 124 Å². The summed E-state index contributed by atoms with van der Waals surface area (Å²) in [6.07, 6.45) is -1.10. The molecular weight excluding hydrogens is 532 g/mol. The number of amides is 2. The number of anilines is 1. The van der Waals surface area contributed by atoms with Crippen LogP contribution in [0.1, 0.15) is 32.4 Å².